The van der Waals surface area contributed by atoms with Gasteiger partial charge in [0.2, 0.25) is 0 Å². The molecule has 0 aliphatic heterocycles. The van der Waals surface area contributed by atoms with Gasteiger partial charge in [0, 0.05) is 41.9 Å². The summed E-state index contributed by atoms with van der Waals surface area (Å²) in [6.07, 6.45) is 15.6. The van der Waals surface area contributed by atoms with Crippen LogP contribution in [0.1, 0.15) is 49.9 Å². The quantitative estimate of drug-likeness (QED) is 0.561. The van der Waals surface area contributed by atoms with Gasteiger partial charge in [-0.25, -0.2) is 9.97 Å². The fraction of sp³-hybridized carbons (Fsp3) is 0.400. The highest BCUT2D eigenvalue weighted by Gasteiger charge is 2.09. The molecule has 0 aliphatic carbocycles. The fourth-order valence-corrected chi connectivity index (χ4v) is 3.29. The van der Waals surface area contributed by atoms with E-state index in [1.807, 2.05) is 43.5 Å². The molecule has 0 saturated heterocycles. The molecule has 0 fully saturated rings. The van der Waals surface area contributed by atoms with Crippen LogP contribution in [0.3, 0.4) is 0 Å². The lowest BCUT2D eigenvalue weighted by molar-refractivity contribution is 0.503. The molecular formula is C20H25ClN4. The Morgan fingerprint density at radius 2 is 1.52 bits per heavy atom. The number of imidazole rings is 2. The molecule has 0 spiro atoms. The first-order valence-corrected chi connectivity index (χ1v) is 9.23. The maximum Gasteiger partial charge on any atom is 0.0948 e. The van der Waals surface area contributed by atoms with E-state index in [2.05, 4.69) is 45.1 Å². The van der Waals surface area contributed by atoms with E-state index in [1.165, 1.54) is 11.1 Å². The SMILES string of the molecule is CC(CCc1ccc(Cl)c(CCC(C)n2ccnc2)c1)n1ccnc1. The van der Waals surface area contributed by atoms with E-state index in [-0.39, 0.29) is 0 Å². The Hall–Kier alpha value is -2.07. The summed E-state index contributed by atoms with van der Waals surface area (Å²) < 4.78 is 4.30. The smallest absolute Gasteiger partial charge is 0.0948 e. The zero-order valence-electron chi connectivity index (χ0n) is 14.8. The summed E-state index contributed by atoms with van der Waals surface area (Å²) in [5, 5.41) is 0.865. The Kier molecular flexibility index (Phi) is 5.92. The first-order valence-electron chi connectivity index (χ1n) is 8.85. The van der Waals surface area contributed by atoms with Gasteiger partial charge in [0.05, 0.1) is 12.7 Å². The molecule has 0 amide bonds. The van der Waals surface area contributed by atoms with Crippen molar-refractivity contribution in [1.29, 1.82) is 0 Å². The number of hydrogen-bond donors (Lipinski definition) is 0. The third-order valence-electron chi connectivity index (χ3n) is 4.86. The first kappa shape index (κ1) is 17.7. The van der Waals surface area contributed by atoms with Gasteiger partial charge in [-0.1, -0.05) is 23.7 Å². The zero-order valence-corrected chi connectivity index (χ0v) is 15.6. The van der Waals surface area contributed by atoms with Gasteiger partial charge in [-0.2, -0.15) is 0 Å². The number of benzene rings is 1. The number of hydrogen-bond acceptors (Lipinski definition) is 2. The Balaban J connectivity index is 1.58. The highest BCUT2D eigenvalue weighted by atomic mass is 35.5. The van der Waals surface area contributed by atoms with Crippen molar-refractivity contribution in [1.82, 2.24) is 19.1 Å². The average Bonchev–Trinajstić information content (AvgIpc) is 3.32. The molecule has 25 heavy (non-hydrogen) atoms. The molecule has 2 unspecified atom stereocenters. The lowest BCUT2D eigenvalue weighted by Crippen LogP contribution is -2.05. The molecule has 2 aromatic heterocycles. The van der Waals surface area contributed by atoms with Gasteiger partial charge in [0.15, 0.2) is 0 Å². The first-order chi connectivity index (χ1) is 12.1. The molecule has 2 heterocycles. The van der Waals surface area contributed by atoms with Crippen LogP contribution >= 0.6 is 11.6 Å². The van der Waals surface area contributed by atoms with Gasteiger partial charge in [-0.15, -0.1) is 0 Å². The molecule has 0 radical (unpaired) electrons. The summed E-state index contributed by atoms with van der Waals surface area (Å²) in [5.41, 5.74) is 2.59. The van der Waals surface area contributed by atoms with Crippen LogP contribution in [-0.4, -0.2) is 19.1 Å². The molecule has 132 valence electrons. The van der Waals surface area contributed by atoms with Crippen molar-refractivity contribution in [3.63, 3.8) is 0 Å². The van der Waals surface area contributed by atoms with Crippen LogP contribution in [0.5, 0.6) is 0 Å². The van der Waals surface area contributed by atoms with Crippen LogP contribution in [-0.2, 0) is 12.8 Å². The van der Waals surface area contributed by atoms with E-state index in [0.717, 1.165) is 30.7 Å². The molecule has 3 rings (SSSR count). The van der Waals surface area contributed by atoms with Crippen molar-refractivity contribution in [3.05, 3.63) is 71.8 Å². The third-order valence-corrected chi connectivity index (χ3v) is 5.23. The molecular weight excluding hydrogens is 332 g/mol. The van der Waals surface area contributed by atoms with E-state index in [4.69, 9.17) is 11.6 Å². The molecule has 0 N–H and O–H groups in total. The van der Waals surface area contributed by atoms with Crippen molar-refractivity contribution in [2.24, 2.45) is 0 Å². The number of rotatable bonds is 8. The standard InChI is InChI=1S/C20H25ClN4/c1-16(24-11-9-22-14-24)3-5-18-6-8-20(21)19(13-18)7-4-17(2)25-12-10-23-15-25/h6,8-17H,3-5,7H2,1-2H3. The summed E-state index contributed by atoms with van der Waals surface area (Å²) in [4.78, 5) is 8.25. The molecule has 4 nitrogen and oxygen atoms in total. The Bertz CT molecular complexity index is 765. The van der Waals surface area contributed by atoms with Gasteiger partial charge >= 0.3 is 0 Å². The second-order valence-electron chi connectivity index (χ2n) is 6.72. The second-order valence-corrected chi connectivity index (χ2v) is 7.13. The van der Waals surface area contributed by atoms with E-state index in [1.54, 1.807) is 0 Å². The minimum atomic E-state index is 0.420. The molecule has 0 bridgehead atoms. The summed E-state index contributed by atoms with van der Waals surface area (Å²) in [5.74, 6) is 0. The molecule has 3 aromatic rings. The normalized spacial score (nSPS) is 13.7. The lowest BCUT2D eigenvalue weighted by Gasteiger charge is -2.15. The van der Waals surface area contributed by atoms with Gasteiger partial charge in [0.25, 0.3) is 0 Å². The van der Waals surface area contributed by atoms with Gasteiger partial charge in [-0.05, 0) is 56.7 Å². The van der Waals surface area contributed by atoms with E-state index in [0.29, 0.717) is 12.1 Å². The molecule has 2 atom stereocenters. The van der Waals surface area contributed by atoms with Crippen LogP contribution in [0.25, 0.3) is 0 Å². The maximum atomic E-state index is 6.42. The number of nitrogens with zero attached hydrogens (tertiary/aromatic N) is 4. The predicted octanol–water partition coefficient (Wildman–Crippen LogP) is 5.12. The number of halogens is 1. The van der Waals surface area contributed by atoms with Crippen molar-refractivity contribution < 1.29 is 0 Å². The van der Waals surface area contributed by atoms with Crippen LogP contribution in [0.4, 0.5) is 0 Å². The number of aromatic nitrogens is 4. The fourth-order valence-electron chi connectivity index (χ4n) is 3.07. The molecule has 0 saturated carbocycles. The van der Waals surface area contributed by atoms with E-state index < -0.39 is 0 Å². The topological polar surface area (TPSA) is 35.6 Å². The highest BCUT2D eigenvalue weighted by Crippen LogP contribution is 2.24. The third kappa shape index (κ3) is 4.73. The van der Waals surface area contributed by atoms with Crippen LogP contribution in [0.2, 0.25) is 5.02 Å². The zero-order chi connectivity index (χ0) is 17.6. The van der Waals surface area contributed by atoms with Crippen LogP contribution in [0.15, 0.2) is 55.6 Å². The minimum Gasteiger partial charge on any atom is -0.335 e. The second kappa shape index (κ2) is 8.34. The average molecular weight is 357 g/mol. The van der Waals surface area contributed by atoms with Crippen molar-refractivity contribution >= 4 is 11.6 Å². The van der Waals surface area contributed by atoms with Crippen LogP contribution < -0.4 is 0 Å². The number of aryl methyl sites for hydroxylation is 2. The summed E-state index contributed by atoms with van der Waals surface area (Å²) in [6, 6.07) is 7.32. The van der Waals surface area contributed by atoms with Crippen molar-refractivity contribution in [2.75, 3.05) is 0 Å². The monoisotopic (exact) mass is 356 g/mol. The van der Waals surface area contributed by atoms with Crippen molar-refractivity contribution in [3.8, 4) is 0 Å². The maximum absolute atomic E-state index is 6.42. The van der Waals surface area contributed by atoms with Gasteiger partial charge in [-0.3, -0.25) is 0 Å². The Labute approximate surface area is 154 Å². The highest BCUT2D eigenvalue weighted by molar-refractivity contribution is 6.31. The summed E-state index contributed by atoms with van der Waals surface area (Å²) in [6.45, 7) is 4.44. The molecule has 5 heteroatoms. The lowest BCUT2D eigenvalue weighted by atomic mass is 10.00. The predicted molar refractivity (Wildman–Crippen MR) is 102 cm³/mol. The van der Waals surface area contributed by atoms with E-state index >= 15 is 0 Å². The molecule has 1 aromatic carbocycles. The van der Waals surface area contributed by atoms with E-state index in [9.17, 15) is 0 Å². The largest absolute Gasteiger partial charge is 0.335 e. The molecule has 0 aliphatic rings. The van der Waals surface area contributed by atoms with Gasteiger partial charge < -0.3 is 9.13 Å². The van der Waals surface area contributed by atoms with Gasteiger partial charge in [0.1, 0.15) is 0 Å². The minimum absolute atomic E-state index is 0.420. The Morgan fingerprint density at radius 3 is 2.08 bits per heavy atom. The summed E-state index contributed by atoms with van der Waals surface area (Å²) >= 11 is 6.42. The van der Waals surface area contributed by atoms with Crippen molar-refractivity contribution in [2.45, 2.75) is 51.6 Å². The van der Waals surface area contributed by atoms with Crippen LogP contribution in [0, 0.1) is 0 Å². The Morgan fingerprint density at radius 1 is 0.920 bits per heavy atom. The summed E-state index contributed by atoms with van der Waals surface area (Å²) in [7, 11) is 0.